The summed E-state index contributed by atoms with van der Waals surface area (Å²) in [7, 11) is 0. The minimum atomic E-state index is -1.32. The van der Waals surface area contributed by atoms with E-state index in [0.29, 0.717) is 32.7 Å². The molecule has 5 nitrogen and oxygen atoms in total. The van der Waals surface area contributed by atoms with Gasteiger partial charge >= 0.3 is 5.97 Å². The number of carbonyl (C=O) groups is 2. The number of carboxylic acid groups (broad SMARTS) is 1. The highest BCUT2D eigenvalue weighted by Crippen LogP contribution is 2.39. The van der Waals surface area contributed by atoms with E-state index in [2.05, 4.69) is 0 Å². The average Bonchev–Trinajstić information content (AvgIpc) is 2.30. The van der Waals surface area contributed by atoms with E-state index in [9.17, 15) is 14.7 Å². The highest BCUT2D eigenvalue weighted by molar-refractivity contribution is 6.04. The number of aliphatic carboxylic acids is 1. The van der Waals surface area contributed by atoms with Crippen molar-refractivity contribution in [2.75, 3.05) is 26.4 Å². The van der Waals surface area contributed by atoms with Crippen LogP contribution in [0.5, 0.6) is 0 Å². The fraction of sp³-hybridized carbons (Fsp3) is 0.818. The second kappa shape index (κ2) is 4.51. The van der Waals surface area contributed by atoms with Crippen molar-refractivity contribution in [2.45, 2.75) is 19.3 Å². The molecule has 0 saturated carbocycles. The molecule has 2 rings (SSSR count). The predicted molar refractivity (Wildman–Crippen MR) is 54.1 cm³/mol. The lowest BCUT2D eigenvalue weighted by Gasteiger charge is -2.39. The van der Waals surface area contributed by atoms with Crippen molar-refractivity contribution < 1.29 is 24.2 Å². The van der Waals surface area contributed by atoms with Crippen LogP contribution in [0, 0.1) is 11.3 Å². The summed E-state index contributed by atoms with van der Waals surface area (Å²) >= 11 is 0. The number of hydrogen-bond acceptors (Lipinski definition) is 4. The van der Waals surface area contributed by atoms with Gasteiger partial charge in [-0.05, 0) is 18.8 Å². The minimum absolute atomic E-state index is 0.0197. The van der Waals surface area contributed by atoms with Crippen LogP contribution in [0.4, 0.5) is 0 Å². The molecule has 0 radical (unpaired) electrons. The average molecular weight is 228 g/mol. The summed E-state index contributed by atoms with van der Waals surface area (Å²) in [5.41, 5.74) is -1.32. The molecule has 1 atom stereocenters. The molecule has 0 aromatic rings. The van der Waals surface area contributed by atoms with Crippen molar-refractivity contribution in [1.82, 2.24) is 0 Å². The monoisotopic (exact) mass is 228 g/mol. The summed E-state index contributed by atoms with van der Waals surface area (Å²) in [6.45, 7) is 1.43. The zero-order chi connectivity index (χ0) is 11.6. The van der Waals surface area contributed by atoms with Crippen LogP contribution in [-0.2, 0) is 19.1 Å². The van der Waals surface area contributed by atoms with Crippen LogP contribution in [0.2, 0.25) is 0 Å². The van der Waals surface area contributed by atoms with Crippen molar-refractivity contribution >= 4 is 11.8 Å². The molecule has 0 spiro atoms. The lowest BCUT2D eigenvalue weighted by molar-refractivity contribution is -0.173. The maximum Gasteiger partial charge on any atom is 0.319 e. The Bertz CT molecular complexity index is 295. The number of ether oxygens (including phenoxy) is 2. The zero-order valence-electron chi connectivity index (χ0n) is 9.11. The Morgan fingerprint density at radius 1 is 1.25 bits per heavy atom. The molecular weight excluding hydrogens is 212 g/mol. The Hall–Kier alpha value is -0.940. The van der Waals surface area contributed by atoms with E-state index >= 15 is 0 Å². The van der Waals surface area contributed by atoms with Gasteiger partial charge in [0, 0.05) is 19.6 Å². The van der Waals surface area contributed by atoms with Gasteiger partial charge in [-0.1, -0.05) is 0 Å². The first-order chi connectivity index (χ1) is 7.68. The molecule has 5 heteroatoms. The van der Waals surface area contributed by atoms with Gasteiger partial charge in [0.1, 0.15) is 0 Å². The molecule has 1 N–H and O–H groups in total. The molecule has 2 aliphatic heterocycles. The van der Waals surface area contributed by atoms with Gasteiger partial charge in [0.15, 0.2) is 11.2 Å². The van der Waals surface area contributed by atoms with Crippen molar-refractivity contribution in [3.63, 3.8) is 0 Å². The zero-order valence-corrected chi connectivity index (χ0v) is 9.11. The highest BCUT2D eigenvalue weighted by Gasteiger charge is 2.53. The van der Waals surface area contributed by atoms with Gasteiger partial charge in [0.2, 0.25) is 0 Å². The van der Waals surface area contributed by atoms with Gasteiger partial charge in [-0.3, -0.25) is 9.59 Å². The van der Waals surface area contributed by atoms with Crippen LogP contribution in [0.3, 0.4) is 0 Å². The normalized spacial score (nSPS) is 32.6. The SMILES string of the molecule is O=C(O)C1(C2CCOCC2)COCCC1=O. The van der Waals surface area contributed by atoms with Gasteiger partial charge in [0.25, 0.3) is 0 Å². The largest absolute Gasteiger partial charge is 0.480 e. The molecule has 0 amide bonds. The van der Waals surface area contributed by atoms with E-state index in [1.807, 2.05) is 0 Å². The molecule has 0 aromatic heterocycles. The third-order valence-electron chi connectivity index (χ3n) is 3.60. The van der Waals surface area contributed by atoms with Crippen LogP contribution >= 0.6 is 0 Å². The van der Waals surface area contributed by atoms with Crippen molar-refractivity contribution in [1.29, 1.82) is 0 Å². The number of ketones is 1. The van der Waals surface area contributed by atoms with Gasteiger partial charge in [-0.15, -0.1) is 0 Å². The Kier molecular flexibility index (Phi) is 3.25. The number of carboxylic acids is 1. The number of rotatable bonds is 2. The molecule has 1 unspecified atom stereocenters. The van der Waals surface area contributed by atoms with Gasteiger partial charge in [-0.25, -0.2) is 0 Å². The first-order valence-electron chi connectivity index (χ1n) is 5.60. The lowest BCUT2D eigenvalue weighted by Crippen LogP contribution is -2.53. The molecule has 2 aliphatic rings. The summed E-state index contributed by atoms with van der Waals surface area (Å²) in [4.78, 5) is 23.4. The number of hydrogen-bond donors (Lipinski definition) is 1. The second-order valence-electron chi connectivity index (χ2n) is 4.39. The fourth-order valence-electron chi connectivity index (χ4n) is 2.59. The summed E-state index contributed by atoms with van der Waals surface area (Å²) in [5.74, 6) is -1.37. The molecule has 0 bridgehead atoms. The summed E-state index contributed by atoms with van der Waals surface area (Å²) in [6.07, 6.45) is 1.46. The smallest absolute Gasteiger partial charge is 0.319 e. The van der Waals surface area contributed by atoms with Crippen LogP contribution < -0.4 is 0 Å². The first kappa shape index (κ1) is 11.5. The van der Waals surface area contributed by atoms with Gasteiger partial charge in [0.05, 0.1) is 13.2 Å². The van der Waals surface area contributed by atoms with Crippen LogP contribution in [0.15, 0.2) is 0 Å². The molecule has 0 aromatic carbocycles. The third kappa shape index (κ3) is 1.74. The van der Waals surface area contributed by atoms with Crippen molar-refractivity contribution in [3.05, 3.63) is 0 Å². The summed E-state index contributed by atoms with van der Waals surface area (Å²) in [6, 6.07) is 0. The van der Waals surface area contributed by atoms with E-state index in [0.717, 1.165) is 0 Å². The maximum atomic E-state index is 12.0. The van der Waals surface area contributed by atoms with E-state index in [4.69, 9.17) is 9.47 Å². The number of carbonyl (C=O) groups excluding carboxylic acids is 1. The molecule has 16 heavy (non-hydrogen) atoms. The molecule has 0 aliphatic carbocycles. The Labute approximate surface area is 93.7 Å². The van der Waals surface area contributed by atoms with Gasteiger partial charge in [-0.2, -0.15) is 0 Å². The van der Waals surface area contributed by atoms with Crippen LogP contribution in [0.25, 0.3) is 0 Å². The highest BCUT2D eigenvalue weighted by atomic mass is 16.5. The van der Waals surface area contributed by atoms with E-state index in [-0.39, 0.29) is 24.7 Å². The molecule has 2 heterocycles. The lowest BCUT2D eigenvalue weighted by atomic mass is 9.68. The Morgan fingerprint density at radius 2 is 1.94 bits per heavy atom. The molecule has 2 fully saturated rings. The quantitative estimate of drug-likeness (QED) is 0.696. The van der Waals surface area contributed by atoms with Crippen molar-refractivity contribution in [2.24, 2.45) is 11.3 Å². The Morgan fingerprint density at radius 3 is 2.50 bits per heavy atom. The second-order valence-corrected chi connectivity index (χ2v) is 4.39. The fourth-order valence-corrected chi connectivity index (χ4v) is 2.59. The van der Waals surface area contributed by atoms with E-state index < -0.39 is 11.4 Å². The predicted octanol–water partition coefficient (Wildman–Crippen LogP) is 0.473. The van der Waals surface area contributed by atoms with Crippen LogP contribution in [-0.4, -0.2) is 43.3 Å². The first-order valence-corrected chi connectivity index (χ1v) is 5.60. The van der Waals surface area contributed by atoms with Gasteiger partial charge < -0.3 is 14.6 Å². The van der Waals surface area contributed by atoms with E-state index in [1.165, 1.54) is 0 Å². The molecule has 2 saturated heterocycles. The topological polar surface area (TPSA) is 72.8 Å². The number of Topliss-reactive ketones (excluding diaryl/α,β-unsaturated/α-hetero) is 1. The molecular formula is C11H16O5. The van der Waals surface area contributed by atoms with E-state index in [1.54, 1.807) is 0 Å². The maximum absolute atomic E-state index is 12.0. The summed E-state index contributed by atoms with van der Waals surface area (Å²) < 4.78 is 10.4. The standard InChI is InChI=1S/C11H16O5/c12-9-3-6-16-7-11(9,10(13)14)8-1-4-15-5-2-8/h8H,1-7H2,(H,13,14). The summed E-state index contributed by atoms with van der Waals surface area (Å²) in [5, 5.41) is 9.37. The third-order valence-corrected chi connectivity index (χ3v) is 3.60. The van der Waals surface area contributed by atoms with Crippen LogP contribution in [0.1, 0.15) is 19.3 Å². The minimum Gasteiger partial charge on any atom is -0.480 e. The Balaban J connectivity index is 2.25. The molecule has 90 valence electrons. The van der Waals surface area contributed by atoms with Crippen molar-refractivity contribution in [3.8, 4) is 0 Å².